The Labute approximate surface area is 170 Å². The standard InChI is InChI=1S/C20H24ClN3O3S/c1-14-4-3-5-19(15(14)2)22-20(25)24-12-10-17(11-13-24)23-28(26,27)18-8-6-16(21)7-9-18/h3-9,17,23H,10-13H2,1-2H3,(H,22,25). The Bertz CT molecular complexity index is 953. The number of piperidine rings is 1. The summed E-state index contributed by atoms with van der Waals surface area (Å²) in [6.07, 6.45) is 1.13. The van der Waals surface area contributed by atoms with E-state index in [1.54, 1.807) is 17.0 Å². The molecule has 0 atom stereocenters. The minimum atomic E-state index is -3.60. The lowest BCUT2D eigenvalue weighted by atomic mass is 10.1. The number of aryl methyl sites for hydroxylation is 1. The summed E-state index contributed by atoms with van der Waals surface area (Å²) in [6, 6.07) is 11.5. The van der Waals surface area contributed by atoms with Gasteiger partial charge in [-0.3, -0.25) is 0 Å². The highest BCUT2D eigenvalue weighted by atomic mass is 35.5. The fraction of sp³-hybridized carbons (Fsp3) is 0.350. The number of sulfonamides is 1. The SMILES string of the molecule is Cc1cccc(NC(=O)N2CCC(NS(=O)(=O)c3ccc(Cl)cc3)CC2)c1C. The Morgan fingerprint density at radius 2 is 1.71 bits per heavy atom. The van der Waals surface area contributed by atoms with Crippen LogP contribution in [0.2, 0.25) is 5.02 Å². The first-order valence-electron chi connectivity index (χ1n) is 9.16. The van der Waals surface area contributed by atoms with Crippen LogP contribution in [0.3, 0.4) is 0 Å². The molecular weight excluding hydrogens is 398 g/mol. The highest BCUT2D eigenvalue weighted by molar-refractivity contribution is 7.89. The number of anilines is 1. The van der Waals surface area contributed by atoms with Crippen molar-refractivity contribution in [1.82, 2.24) is 9.62 Å². The van der Waals surface area contributed by atoms with Gasteiger partial charge >= 0.3 is 6.03 Å². The van der Waals surface area contributed by atoms with E-state index in [1.807, 2.05) is 32.0 Å². The number of likely N-dealkylation sites (tertiary alicyclic amines) is 1. The third-order valence-corrected chi connectivity index (χ3v) is 6.86. The molecule has 1 aliphatic heterocycles. The van der Waals surface area contributed by atoms with Crippen LogP contribution in [-0.2, 0) is 10.0 Å². The molecule has 0 bridgehead atoms. The van der Waals surface area contributed by atoms with Crippen LogP contribution in [0.4, 0.5) is 10.5 Å². The third-order valence-electron chi connectivity index (χ3n) is 5.07. The van der Waals surface area contributed by atoms with Gasteiger partial charge < -0.3 is 10.2 Å². The van der Waals surface area contributed by atoms with Crippen molar-refractivity contribution in [1.29, 1.82) is 0 Å². The average molecular weight is 422 g/mol. The molecule has 1 heterocycles. The number of hydrogen-bond acceptors (Lipinski definition) is 3. The molecule has 3 rings (SSSR count). The van der Waals surface area contributed by atoms with Gasteiger partial charge in [-0.2, -0.15) is 0 Å². The van der Waals surface area contributed by atoms with Crippen LogP contribution in [-0.4, -0.2) is 38.5 Å². The summed E-state index contributed by atoms with van der Waals surface area (Å²) in [5.41, 5.74) is 2.96. The van der Waals surface area contributed by atoms with Crippen LogP contribution in [0.15, 0.2) is 47.4 Å². The van der Waals surface area contributed by atoms with E-state index in [4.69, 9.17) is 11.6 Å². The highest BCUT2D eigenvalue weighted by Gasteiger charge is 2.27. The predicted molar refractivity (Wildman–Crippen MR) is 111 cm³/mol. The Morgan fingerprint density at radius 1 is 1.07 bits per heavy atom. The van der Waals surface area contributed by atoms with Gasteiger partial charge in [-0.05, 0) is 68.1 Å². The second-order valence-corrected chi connectivity index (χ2v) is 9.16. The van der Waals surface area contributed by atoms with Crippen LogP contribution in [0.5, 0.6) is 0 Å². The van der Waals surface area contributed by atoms with Gasteiger partial charge in [0.2, 0.25) is 10.0 Å². The van der Waals surface area contributed by atoms with Gasteiger partial charge in [-0.1, -0.05) is 23.7 Å². The van der Waals surface area contributed by atoms with E-state index in [9.17, 15) is 13.2 Å². The molecule has 0 aliphatic carbocycles. The van der Waals surface area contributed by atoms with Crippen molar-refractivity contribution in [2.45, 2.75) is 37.6 Å². The summed E-state index contributed by atoms with van der Waals surface area (Å²) in [7, 11) is -3.60. The number of nitrogens with one attached hydrogen (secondary N) is 2. The lowest BCUT2D eigenvalue weighted by molar-refractivity contribution is 0.193. The van der Waals surface area contributed by atoms with E-state index >= 15 is 0 Å². The lowest BCUT2D eigenvalue weighted by Gasteiger charge is -2.32. The van der Waals surface area contributed by atoms with Crippen LogP contribution >= 0.6 is 11.6 Å². The third kappa shape index (κ3) is 4.84. The fourth-order valence-corrected chi connectivity index (χ4v) is 4.61. The van der Waals surface area contributed by atoms with Gasteiger partial charge in [0.05, 0.1) is 4.90 Å². The molecule has 2 N–H and O–H groups in total. The quantitative estimate of drug-likeness (QED) is 0.784. The molecule has 6 nitrogen and oxygen atoms in total. The smallest absolute Gasteiger partial charge is 0.321 e. The second kappa shape index (κ2) is 8.51. The molecule has 2 amide bonds. The Morgan fingerprint density at radius 3 is 2.36 bits per heavy atom. The van der Waals surface area contributed by atoms with E-state index in [0.29, 0.717) is 31.0 Å². The molecule has 0 spiro atoms. The number of carbonyl (C=O) groups is 1. The molecule has 2 aromatic rings. The summed E-state index contributed by atoms with van der Waals surface area (Å²) < 4.78 is 27.7. The number of benzene rings is 2. The highest BCUT2D eigenvalue weighted by Crippen LogP contribution is 2.20. The molecular formula is C20H24ClN3O3S. The number of halogens is 1. The number of carbonyl (C=O) groups excluding carboxylic acids is 1. The van der Waals surface area contributed by atoms with E-state index in [2.05, 4.69) is 10.0 Å². The number of rotatable bonds is 4. The number of amides is 2. The Balaban J connectivity index is 1.56. The maximum atomic E-state index is 12.5. The molecule has 1 aliphatic rings. The zero-order chi connectivity index (χ0) is 20.3. The van der Waals surface area contributed by atoms with Gasteiger partial charge in [0.15, 0.2) is 0 Å². The van der Waals surface area contributed by atoms with Crippen LogP contribution in [0, 0.1) is 13.8 Å². The number of urea groups is 1. The average Bonchev–Trinajstić information content (AvgIpc) is 2.66. The molecule has 0 saturated carbocycles. The van der Waals surface area contributed by atoms with Crippen molar-refractivity contribution >= 4 is 33.3 Å². The molecule has 150 valence electrons. The van der Waals surface area contributed by atoms with Gasteiger partial charge in [0.1, 0.15) is 0 Å². The van der Waals surface area contributed by atoms with Crippen molar-refractivity contribution in [3.63, 3.8) is 0 Å². The Hall–Kier alpha value is -2.09. The first-order valence-corrected chi connectivity index (χ1v) is 11.0. The minimum absolute atomic E-state index is 0.160. The predicted octanol–water partition coefficient (Wildman–Crippen LogP) is 3.93. The van der Waals surface area contributed by atoms with Gasteiger partial charge in [0.25, 0.3) is 0 Å². The molecule has 8 heteroatoms. The zero-order valence-corrected chi connectivity index (χ0v) is 17.5. The molecule has 2 aromatic carbocycles. The molecule has 0 aromatic heterocycles. The summed E-state index contributed by atoms with van der Waals surface area (Å²) in [5, 5.41) is 3.44. The van der Waals surface area contributed by atoms with Gasteiger partial charge in [-0.15, -0.1) is 0 Å². The van der Waals surface area contributed by atoms with E-state index in [1.165, 1.54) is 12.1 Å². The molecule has 28 heavy (non-hydrogen) atoms. The van der Waals surface area contributed by atoms with Crippen LogP contribution in [0.25, 0.3) is 0 Å². The molecule has 0 radical (unpaired) electrons. The zero-order valence-electron chi connectivity index (χ0n) is 15.9. The van der Waals surface area contributed by atoms with Gasteiger partial charge in [0, 0.05) is 29.8 Å². The van der Waals surface area contributed by atoms with Crippen LogP contribution < -0.4 is 10.0 Å². The summed E-state index contributed by atoms with van der Waals surface area (Å²) in [4.78, 5) is 14.4. The molecule has 1 fully saturated rings. The van der Waals surface area contributed by atoms with E-state index in [0.717, 1.165) is 16.8 Å². The van der Waals surface area contributed by atoms with E-state index < -0.39 is 10.0 Å². The molecule has 0 unspecified atom stereocenters. The number of nitrogens with zero attached hydrogens (tertiary/aromatic N) is 1. The van der Waals surface area contributed by atoms with Crippen LogP contribution in [0.1, 0.15) is 24.0 Å². The topological polar surface area (TPSA) is 78.5 Å². The van der Waals surface area contributed by atoms with E-state index in [-0.39, 0.29) is 17.0 Å². The van der Waals surface area contributed by atoms with Crippen molar-refractivity contribution in [2.24, 2.45) is 0 Å². The van der Waals surface area contributed by atoms with Crippen molar-refractivity contribution in [3.8, 4) is 0 Å². The van der Waals surface area contributed by atoms with Crippen molar-refractivity contribution in [2.75, 3.05) is 18.4 Å². The Kier molecular flexibility index (Phi) is 6.27. The number of hydrogen-bond donors (Lipinski definition) is 2. The van der Waals surface area contributed by atoms with Gasteiger partial charge in [-0.25, -0.2) is 17.9 Å². The summed E-state index contributed by atoms with van der Waals surface area (Å²) in [6.45, 7) is 4.96. The first kappa shape index (κ1) is 20.6. The fourth-order valence-electron chi connectivity index (χ4n) is 3.18. The first-order chi connectivity index (χ1) is 13.3. The minimum Gasteiger partial charge on any atom is -0.324 e. The van der Waals surface area contributed by atoms with Crippen molar-refractivity contribution in [3.05, 3.63) is 58.6 Å². The summed E-state index contributed by atoms with van der Waals surface area (Å²) in [5.74, 6) is 0. The lowest BCUT2D eigenvalue weighted by Crippen LogP contribution is -2.47. The monoisotopic (exact) mass is 421 g/mol. The largest absolute Gasteiger partial charge is 0.324 e. The van der Waals surface area contributed by atoms with Crippen molar-refractivity contribution < 1.29 is 13.2 Å². The maximum absolute atomic E-state index is 12.5. The molecule has 1 saturated heterocycles. The maximum Gasteiger partial charge on any atom is 0.321 e. The normalized spacial score (nSPS) is 15.5. The summed E-state index contributed by atoms with van der Waals surface area (Å²) >= 11 is 5.82. The second-order valence-electron chi connectivity index (χ2n) is 7.01.